The summed E-state index contributed by atoms with van der Waals surface area (Å²) in [4.78, 5) is 22.6. The Kier molecular flexibility index (Phi) is 5.85. The van der Waals surface area contributed by atoms with Gasteiger partial charge in [0.1, 0.15) is 5.82 Å². The quantitative estimate of drug-likeness (QED) is 0.845. The van der Waals surface area contributed by atoms with Crippen LogP contribution in [0.2, 0.25) is 0 Å². The summed E-state index contributed by atoms with van der Waals surface area (Å²) in [6.07, 6.45) is 3.34. The van der Waals surface area contributed by atoms with Gasteiger partial charge >= 0.3 is 0 Å². The number of carbonyl (C=O) groups is 1. The lowest BCUT2D eigenvalue weighted by molar-refractivity contribution is 0.0794. The molecule has 0 spiro atoms. The largest absolute Gasteiger partial charge is 0.390 e. The number of piperidine rings is 1. The van der Waals surface area contributed by atoms with E-state index in [1.165, 1.54) is 19.0 Å². The summed E-state index contributed by atoms with van der Waals surface area (Å²) in [6.45, 7) is 8.75. The fourth-order valence-corrected chi connectivity index (χ4v) is 2.72. The Morgan fingerprint density at radius 3 is 2.77 bits per heavy atom. The second-order valence-corrected chi connectivity index (χ2v) is 6.26. The van der Waals surface area contributed by atoms with E-state index in [1.807, 2.05) is 0 Å². The van der Waals surface area contributed by atoms with Gasteiger partial charge in [-0.25, -0.2) is 9.97 Å². The van der Waals surface area contributed by atoms with Crippen molar-refractivity contribution >= 4 is 5.91 Å². The maximum atomic E-state index is 12.1. The monoisotopic (exact) mass is 306 g/mol. The number of nitrogens with one attached hydrogen (secondary N) is 1. The Balaban J connectivity index is 1.78. The molecule has 122 valence electrons. The van der Waals surface area contributed by atoms with Crippen molar-refractivity contribution in [2.24, 2.45) is 5.92 Å². The number of amides is 1. The zero-order valence-electron chi connectivity index (χ0n) is 13.7. The number of rotatable bonds is 5. The first-order valence-electron chi connectivity index (χ1n) is 7.94. The predicted molar refractivity (Wildman–Crippen MR) is 84.7 cm³/mol. The highest BCUT2D eigenvalue weighted by Gasteiger charge is 2.19. The highest BCUT2D eigenvalue weighted by molar-refractivity contribution is 5.94. The third kappa shape index (κ3) is 4.74. The first kappa shape index (κ1) is 16.8. The first-order valence-corrected chi connectivity index (χ1v) is 7.94. The van der Waals surface area contributed by atoms with Crippen LogP contribution in [0.3, 0.4) is 0 Å². The van der Waals surface area contributed by atoms with Crippen LogP contribution in [-0.2, 0) is 0 Å². The number of aliphatic hydroxyl groups is 1. The summed E-state index contributed by atoms with van der Waals surface area (Å²) in [6, 6.07) is 0. The minimum atomic E-state index is -0.552. The van der Waals surface area contributed by atoms with Crippen molar-refractivity contribution in [3.05, 3.63) is 23.3 Å². The highest BCUT2D eigenvalue weighted by Crippen LogP contribution is 2.15. The van der Waals surface area contributed by atoms with E-state index in [2.05, 4.69) is 27.1 Å². The SMILES string of the molecule is Cc1ncc(C(=O)NCC(O)CN2CCC(C)CC2)c(C)n1. The van der Waals surface area contributed by atoms with Crippen molar-refractivity contribution in [1.82, 2.24) is 20.2 Å². The molecule has 1 aliphatic rings. The molecule has 1 aliphatic heterocycles. The smallest absolute Gasteiger partial charge is 0.254 e. The van der Waals surface area contributed by atoms with E-state index < -0.39 is 6.10 Å². The normalized spacial score (nSPS) is 18.2. The van der Waals surface area contributed by atoms with Gasteiger partial charge in [-0.3, -0.25) is 4.79 Å². The van der Waals surface area contributed by atoms with Gasteiger partial charge in [-0.15, -0.1) is 0 Å². The van der Waals surface area contributed by atoms with Crippen LogP contribution in [-0.4, -0.2) is 58.2 Å². The first-order chi connectivity index (χ1) is 10.5. The number of aryl methyl sites for hydroxylation is 2. The number of likely N-dealkylation sites (tertiary alicyclic amines) is 1. The number of hydrogen-bond acceptors (Lipinski definition) is 5. The molecule has 1 atom stereocenters. The van der Waals surface area contributed by atoms with Gasteiger partial charge in [-0.1, -0.05) is 6.92 Å². The molecule has 22 heavy (non-hydrogen) atoms. The Labute approximate surface area is 132 Å². The maximum absolute atomic E-state index is 12.1. The third-order valence-corrected chi connectivity index (χ3v) is 4.19. The van der Waals surface area contributed by atoms with Crippen LogP contribution < -0.4 is 5.32 Å². The molecule has 1 fully saturated rings. The number of β-amino-alcohol motifs (C(OH)–C–C–N with tert-alkyl or cyclic N) is 1. The van der Waals surface area contributed by atoms with E-state index >= 15 is 0 Å². The summed E-state index contributed by atoms with van der Waals surface area (Å²) in [5.41, 5.74) is 1.12. The second-order valence-electron chi connectivity index (χ2n) is 6.26. The highest BCUT2D eigenvalue weighted by atomic mass is 16.3. The maximum Gasteiger partial charge on any atom is 0.254 e. The van der Waals surface area contributed by atoms with Crippen LogP contribution in [0.15, 0.2) is 6.20 Å². The number of aliphatic hydroxyl groups excluding tert-OH is 1. The standard InChI is InChI=1S/C16H26N4O2/c1-11-4-6-20(7-5-11)10-14(21)8-18-16(22)15-9-17-13(3)19-12(15)2/h9,11,14,21H,4-8,10H2,1-3H3,(H,18,22). The van der Waals surface area contributed by atoms with Crippen LogP contribution in [0, 0.1) is 19.8 Å². The van der Waals surface area contributed by atoms with E-state index in [0.717, 1.165) is 19.0 Å². The molecule has 0 aromatic carbocycles. The summed E-state index contributed by atoms with van der Waals surface area (Å²) < 4.78 is 0. The Bertz CT molecular complexity index is 513. The fraction of sp³-hybridized carbons (Fsp3) is 0.688. The van der Waals surface area contributed by atoms with Crippen molar-refractivity contribution < 1.29 is 9.90 Å². The zero-order chi connectivity index (χ0) is 16.1. The van der Waals surface area contributed by atoms with Gasteiger partial charge in [-0.2, -0.15) is 0 Å². The number of nitrogens with zero attached hydrogens (tertiary/aromatic N) is 3. The molecule has 0 radical (unpaired) electrons. The van der Waals surface area contributed by atoms with E-state index in [1.54, 1.807) is 13.8 Å². The van der Waals surface area contributed by atoms with Gasteiger partial charge < -0.3 is 15.3 Å². The molecule has 0 bridgehead atoms. The lowest BCUT2D eigenvalue weighted by Gasteiger charge is -2.31. The van der Waals surface area contributed by atoms with Gasteiger partial charge in [0.05, 0.1) is 17.4 Å². The Morgan fingerprint density at radius 2 is 2.14 bits per heavy atom. The molecule has 0 aliphatic carbocycles. The Hall–Kier alpha value is -1.53. The molecule has 6 nitrogen and oxygen atoms in total. The van der Waals surface area contributed by atoms with Gasteiger partial charge in [0, 0.05) is 19.3 Å². The van der Waals surface area contributed by atoms with E-state index in [0.29, 0.717) is 23.6 Å². The number of aromatic nitrogens is 2. The van der Waals surface area contributed by atoms with Crippen molar-refractivity contribution in [2.75, 3.05) is 26.2 Å². The molecular weight excluding hydrogens is 280 g/mol. The molecule has 6 heteroatoms. The van der Waals surface area contributed by atoms with Crippen LogP contribution in [0.4, 0.5) is 0 Å². The van der Waals surface area contributed by atoms with Gasteiger partial charge in [-0.05, 0) is 45.7 Å². The molecule has 1 saturated heterocycles. The number of carbonyl (C=O) groups excluding carboxylic acids is 1. The fourth-order valence-electron chi connectivity index (χ4n) is 2.72. The predicted octanol–water partition coefficient (Wildman–Crippen LogP) is 0.916. The van der Waals surface area contributed by atoms with Crippen LogP contribution in [0.25, 0.3) is 0 Å². The summed E-state index contributed by atoms with van der Waals surface area (Å²) in [7, 11) is 0. The van der Waals surface area contributed by atoms with Crippen LogP contribution in [0.5, 0.6) is 0 Å². The Morgan fingerprint density at radius 1 is 1.45 bits per heavy atom. The van der Waals surface area contributed by atoms with Crippen molar-refractivity contribution in [3.8, 4) is 0 Å². The zero-order valence-corrected chi connectivity index (χ0v) is 13.7. The van der Waals surface area contributed by atoms with Gasteiger partial charge in [0.2, 0.25) is 0 Å². The van der Waals surface area contributed by atoms with Crippen molar-refractivity contribution in [3.63, 3.8) is 0 Å². The van der Waals surface area contributed by atoms with Gasteiger partial charge in [0.25, 0.3) is 5.91 Å². The molecule has 1 amide bonds. The van der Waals surface area contributed by atoms with Crippen molar-refractivity contribution in [2.45, 2.75) is 39.7 Å². The van der Waals surface area contributed by atoms with Gasteiger partial charge in [0.15, 0.2) is 0 Å². The number of hydrogen-bond donors (Lipinski definition) is 2. The van der Waals surface area contributed by atoms with E-state index in [-0.39, 0.29) is 12.5 Å². The van der Waals surface area contributed by atoms with E-state index in [9.17, 15) is 9.90 Å². The minimum Gasteiger partial charge on any atom is -0.390 e. The van der Waals surface area contributed by atoms with Crippen molar-refractivity contribution in [1.29, 1.82) is 0 Å². The summed E-state index contributed by atoms with van der Waals surface area (Å²) in [5.74, 6) is 1.19. The summed E-state index contributed by atoms with van der Waals surface area (Å²) >= 11 is 0. The molecule has 1 aromatic heterocycles. The topological polar surface area (TPSA) is 78.3 Å². The summed E-state index contributed by atoms with van der Waals surface area (Å²) in [5, 5.41) is 12.9. The molecular formula is C16H26N4O2. The molecule has 2 N–H and O–H groups in total. The van der Waals surface area contributed by atoms with Crippen LogP contribution >= 0.6 is 0 Å². The molecule has 2 heterocycles. The molecule has 1 unspecified atom stereocenters. The molecule has 2 rings (SSSR count). The third-order valence-electron chi connectivity index (χ3n) is 4.19. The molecule has 0 saturated carbocycles. The average Bonchev–Trinajstić information content (AvgIpc) is 2.47. The second kappa shape index (κ2) is 7.65. The minimum absolute atomic E-state index is 0.233. The lowest BCUT2D eigenvalue weighted by atomic mass is 9.99. The molecule has 1 aromatic rings. The average molecular weight is 306 g/mol. The lowest BCUT2D eigenvalue weighted by Crippen LogP contribution is -2.43. The van der Waals surface area contributed by atoms with Crippen LogP contribution in [0.1, 0.15) is 41.6 Å². The van der Waals surface area contributed by atoms with E-state index in [4.69, 9.17) is 0 Å².